The van der Waals surface area contributed by atoms with Crippen molar-refractivity contribution < 1.29 is 61.3 Å². The molecule has 2 aromatic rings. The van der Waals surface area contributed by atoms with Gasteiger partial charge < -0.3 is 20.4 Å². The number of hydrogen-bond donors (Lipinski definition) is 0. The van der Waals surface area contributed by atoms with Gasteiger partial charge in [-0.3, -0.25) is 19.2 Å². The van der Waals surface area contributed by atoms with Gasteiger partial charge in [-0.1, -0.05) is 87.7 Å². The summed E-state index contributed by atoms with van der Waals surface area (Å²) >= 11 is 0. The summed E-state index contributed by atoms with van der Waals surface area (Å²) in [6.07, 6.45) is 0.843. The number of Topliss-reactive ketones (excluding diaryl/α,β-unsaturated/α-hetero) is 2. The maximum Gasteiger partial charge on any atom is 0.233 e. The molecule has 2 aliphatic rings. The van der Waals surface area contributed by atoms with Gasteiger partial charge in [0.2, 0.25) is 23.1 Å². The van der Waals surface area contributed by atoms with E-state index in [1.807, 2.05) is 0 Å². The van der Waals surface area contributed by atoms with E-state index in [1.54, 1.807) is 64.1 Å². The fourth-order valence-corrected chi connectivity index (χ4v) is 2.58. The third kappa shape index (κ3) is 9.92. The quantitative estimate of drug-likeness (QED) is 0.347. The van der Waals surface area contributed by atoms with Crippen molar-refractivity contribution in [3.05, 3.63) is 82.9 Å². The second-order valence-corrected chi connectivity index (χ2v) is 7.59. The smallest absolute Gasteiger partial charge is 0.233 e. The van der Waals surface area contributed by atoms with Crippen LogP contribution in [-0.2, 0) is 31.3 Å². The molecule has 184 valence electrons. The predicted molar refractivity (Wildman–Crippen MR) is 118 cm³/mol. The number of carbonyl (C=O) groups is 4. The Kier molecular flexibility index (Phi) is 13.6. The summed E-state index contributed by atoms with van der Waals surface area (Å²) in [4.78, 5) is 44.3. The molecule has 0 spiro atoms. The van der Waals surface area contributed by atoms with Crippen LogP contribution < -0.4 is 20.4 Å². The Hall–Kier alpha value is -3.17. The molecule has 9 heteroatoms. The Morgan fingerprint density at radius 3 is 1.03 bits per heavy atom. The van der Waals surface area contributed by atoms with E-state index in [2.05, 4.69) is 0 Å². The second-order valence-electron chi connectivity index (χ2n) is 7.59. The molecular formula is C26H24O8Ti-4. The second kappa shape index (κ2) is 15.0. The van der Waals surface area contributed by atoms with Crippen molar-refractivity contribution in [1.82, 2.24) is 0 Å². The topological polar surface area (TPSA) is 161 Å². The van der Waals surface area contributed by atoms with E-state index in [-0.39, 0.29) is 44.4 Å². The van der Waals surface area contributed by atoms with Gasteiger partial charge in [-0.2, -0.15) is 0 Å². The molecule has 4 rings (SSSR count). The van der Waals surface area contributed by atoms with Crippen LogP contribution in [0.5, 0.6) is 0 Å². The summed E-state index contributed by atoms with van der Waals surface area (Å²) in [6.45, 7) is 6.44. The normalized spacial score (nSPS) is 13.4. The third-order valence-electron chi connectivity index (χ3n) is 3.85. The number of fused-ring (bicyclic) bond motifs is 2. The Morgan fingerprint density at radius 2 is 0.771 bits per heavy atom. The zero-order chi connectivity index (χ0) is 26.0. The average Bonchev–Trinajstić information content (AvgIpc) is 2.76. The zero-order valence-electron chi connectivity index (χ0n) is 19.7. The van der Waals surface area contributed by atoms with Crippen molar-refractivity contribution in [2.45, 2.75) is 39.9 Å². The van der Waals surface area contributed by atoms with E-state index in [1.165, 1.54) is 12.1 Å². The SMILES string of the molecule is CC(C)[O-].CC(C)[O-].O=C1C=C([O-])c2ccccc2C1=O.O=C1C=C([O-])c2ccccc2C1=O.[Ti]. The molecular weight excluding hydrogens is 488 g/mol. The Morgan fingerprint density at radius 1 is 0.543 bits per heavy atom. The first-order chi connectivity index (χ1) is 15.9. The molecule has 0 aliphatic heterocycles. The third-order valence-corrected chi connectivity index (χ3v) is 3.85. The summed E-state index contributed by atoms with van der Waals surface area (Å²) < 4.78 is 0. The Labute approximate surface area is 218 Å². The van der Waals surface area contributed by atoms with E-state index < -0.39 is 35.3 Å². The molecule has 0 saturated carbocycles. The number of carbonyl (C=O) groups excluding carboxylic acids is 4. The number of rotatable bonds is 0. The van der Waals surface area contributed by atoms with E-state index >= 15 is 0 Å². The molecule has 0 heterocycles. The van der Waals surface area contributed by atoms with Crippen molar-refractivity contribution in [3.8, 4) is 0 Å². The van der Waals surface area contributed by atoms with Crippen molar-refractivity contribution in [2.24, 2.45) is 0 Å². The van der Waals surface area contributed by atoms with Gasteiger partial charge in [-0.15, -0.1) is 12.2 Å². The van der Waals surface area contributed by atoms with Gasteiger partial charge in [0.1, 0.15) is 0 Å². The Bertz CT molecular complexity index is 1030. The van der Waals surface area contributed by atoms with E-state index in [0.717, 1.165) is 12.2 Å². The minimum Gasteiger partial charge on any atom is -0.872 e. The van der Waals surface area contributed by atoms with Crippen LogP contribution in [0.25, 0.3) is 11.5 Å². The molecule has 0 saturated heterocycles. The fourth-order valence-electron chi connectivity index (χ4n) is 2.58. The van der Waals surface area contributed by atoms with Crippen LogP contribution in [-0.4, -0.2) is 35.3 Å². The van der Waals surface area contributed by atoms with Crippen LogP contribution in [0.2, 0.25) is 0 Å². The fraction of sp³-hybridized carbons (Fsp3) is 0.231. The first kappa shape index (κ1) is 31.8. The van der Waals surface area contributed by atoms with Gasteiger partial charge in [0, 0.05) is 32.8 Å². The largest absolute Gasteiger partial charge is 0.872 e. The van der Waals surface area contributed by atoms with Crippen LogP contribution >= 0.6 is 0 Å². The average molecular weight is 512 g/mol. The summed E-state index contributed by atoms with van der Waals surface area (Å²) in [5, 5.41) is 41.5. The molecule has 0 atom stereocenters. The molecule has 0 bridgehead atoms. The summed E-state index contributed by atoms with van der Waals surface area (Å²) in [7, 11) is 0. The number of allylic oxidation sites excluding steroid dienone is 2. The standard InChI is InChI=1S/2C10H6O3.2C3H7O.Ti/c2*11-8-5-9(12)10(13)7-4-2-1-3-6(7)8;2*1-3(2)4;/h2*1-5,11H;2*3H,1-2H3;/q;;2*-1;/p-2. The van der Waals surface area contributed by atoms with E-state index in [0.29, 0.717) is 11.1 Å². The van der Waals surface area contributed by atoms with E-state index in [9.17, 15) is 39.6 Å². The van der Waals surface area contributed by atoms with Crippen LogP contribution in [0, 0.1) is 0 Å². The molecule has 0 radical (unpaired) electrons. The molecule has 0 N–H and O–H groups in total. The summed E-state index contributed by atoms with van der Waals surface area (Å²) in [6, 6.07) is 12.6. The van der Waals surface area contributed by atoms with E-state index in [4.69, 9.17) is 0 Å². The monoisotopic (exact) mass is 512 g/mol. The van der Waals surface area contributed by atoms with Crippen LogP contribution in [0.3, 0.4) is 0 Å². The van der Waals surface area contributed by atoms with Gasteiger partial charge in [-0.25, -0.2) is 0 Å². The van der Waals surface area contributed by atoms with Crippen molar-refractivity contribution >= 4 is 34.7 Å². The summed E-state index contributed by atoms with van der Waals surface area (Å²) in [5.74, 6) is -3.45. The molecule has 0 amide bonds. The first-order valence-corrected chi connectivity index (χ1v) is 10.3. The molecule has 2 aromatic carbocycles. The predicted octanol–water partition coefficient (Wildman–Crippen LogP) is -0.186. The maximum atomic E-state index is 11.2. The zero-order valence-corrected chi connectivity index (χ0v) is 21.3. The maximum absolute atomic E-state index is 11.2. The molecule has 8 nitrogen and oxygen atoms in total. The number of hydrogen-bond acceptors (Lipinski definition) is 8. The van der Waals surface area contributed by atoms with Gasteiger partial charge >= 0.3 is 0 Å². The molecule has 0 fully saturated rings. The first-order valence-electron chi connectivity index (χ1n) is 10.3. The minimum atomic E-state index is -0.733. The minimum absolute atomic E-state index is 0. The Balaban J connectivity index is 0.000000499. The van der Waals surface area contributed by atoms with Crippen LogP contribution in [0.1, 0.15) is 59.5 Å². The van der Waals surface area contributed by atoms with Crippen molar-refractivity contribution in [1.29, 1.82) is 0 Å². The van der Waals surface area contributed by atoms with Gasteiger partial charge in [0.15, 0.2) is 0 Å². The van der Waals surface area contributed by atoms with Gasteiger partial charge in [-0.05, 0) is 23.3 Å². The summed E-state index contributed by atoms with van der Waals surface area (Å²) in [5.41, 5.74) is 1.04. The molecule has 35 heavy (non-hydrogen) atoms. The van der Waals surface area contributed by atoms with Crippen molar-refractivity contribution in [3.63, 3.8) is 0 Å². The number of benzene rings is 2. The molecule has 0 aromatic heterocycles. The van der Waals surface area contributed by atoms with Gasteiger partial charge in [0.05, 0.1) is 0 Å². The van der Waals surface area contributed by atoms with Crippen LogP contribution in [0.4, 0.5) is 0 Å². The van der Waals surface area contributed by atoms with Gasteiger partial charge in [0.25, 0.3) is 0 Å². The molecule has 0 unspecified atom stereocenters. The van der Waals surface area contributed by atoms with Crippen molar-refractivity contribution in [2.75, 3.05) is 0 Å². The number of ketones is 4. The molecule has 2 aliphatic carbocycles. The van der Waals surface area contributed by atoms with Crippen LogP contribution in [0.15, 0.2) is 60.7 Å².